The lowest BCUT2D eigenvalue weighted by Gasteiger charge is -2.39. The summed E-state index contributed by atoms with van der Waals surface area (Å²) in [5, 5.41) is 3.64. The Morgan fingerprint density at radius 1 is 1.38 bits per heavy atom. The molecule has 2 aliphatic rings. The van der Waals surface area contributed by atoms with Crippen LogP contribution in [0.5, 0.6) is 0 Å². The van der Waals surface area contributed by atoms with E-state index >= 15 is 0 Å². The molecule has 1 N–H and O–H groups in total. The van der Waals surface area contributed by atoms with E-state index in [1.54, 1.807) is 0 Å². The van der Waals surface area contributed by atoms with E-state index in [4.69, 9.17) is 0 Å². The van der Waals surface area contributed by atoms with Crippen molar-refractivity contribution in [1.29, 1.82) is 0 Å². The van der Waals surface area contributed by atoms with Crippen LogP contribution in [-0.2, 0) is 0 Å². The molecule has 2 rings (SSSR count). The topological polar surface area (TPSA) is 15.3 Å². The summed E-state index contributed by atoms with van der Waals surface area (Å²) in [6, 6.07) is 1.67. The van der Waals surface area contributed by atoms with Crippen LogP contribution in [0.2, 0.25) is 0 Å². The lowest BCUT2D eigenvalue weighted by molar-refractivity contribution is 0.122. The number of nitrogens with zero attached hydrogens (tertiary/aromatic N) is 1. The van der Waals surface area contributed by atoms with Crippen LogP contribution in [-0.4, -0.2) is 36.6 Å². The van der Waals surface area contributed by atoms with Crippen molar-refractivity contribution >= 4 is 0 Å². The largest absolute Gasteiger partial charge is 0.311 e. The van der Waals surface area contributed by atoms with Crippen molar-refractivity contribution in [3.63, 3.8) is 0 Å². The molecule has 0 aromatic rings. The van der Waals surface area contributed by atoms with Gasteiger partial charge in [-0.2, -0.15) is 0 Å². The minimum atomic E-state index is 0.812. The van der Waals surface area contributed by atoms with Gasteiger partial charge in [0.25, 0.3) is 0 Å². The number of hydrogen-bond donors (Lipinski definition) is 1. The van der Waals surface area contributed by atoms with E-state index < -0.39 is 0 Å². The summed E-state index contributed by atoms with van der Waals surface area (Å²) < 4.78 is 0. The summed E-state index contributed by atoms with van der Waals surface area (Å²) in [6.45, 7) is 8.41. The van der Waals surface area contributed by atoms with Gasteiger partial charge >= 0.3 is 0 Å². The molecule has 1 saturated carbocycles. The first-order chi connectivity index (χ1) is 6.27. The number of nitrogens with one attached hydrogen (secondary N) is 1. The Hall–Kier alpha value is -0.0800. The van der Waals surface area contributed by atoms with Gasteiger partial charge in [-0.15, -0.1) is 0 Å². The maximum absolute atomic E-state index is 3.64. The van der Waals surface area contributed by atoms with E-state index in [0.29, 0.717) is 0 Å². The Morgan fingerprint density at radius 3 is 3.00 bits per heavy atom. The van der Waals surface area contributed by atoms with Crippen molar-refractivity contribution in [2.75, 3.05) is 19.6 Å². The molecule has 0 aromatic heterocycles. The van der Waals surface area contributed by atoms with E-state index in [-0.39, 0.29) is 0 Å². The van der Waals surface area contributed by atoms with Crippen molar-refractivity contribution in [2.24, 2.45) is 5.92 Å². The minimum absolute atomic E-state index is 0.812. The zero-order chi connectivity index (χ0) is 9.26. The molecular weight excluding hydrogens is 160 g/mol. The van der Waals surface area contributed by atoms with Gasteiger partial charge in [0.1, 0.15) is 0 Å². The maximum atomic E-state index is 3.64. The van der Waals surface area contributed by atoms with Crippen LogP contribution in [0.3, 0.4) is 0 Å². The van der Waals surface area contributed by atoms with Crippen LogP contribution in [0.1, 0.15) is 33.1 Å². The molecule has 2 nitrogen and oxygen atoms in total. The normalized spacial score (nSPS) is 35.3. The molecule has 2 fully saturated rings. The molecule has 13 heavy (non-hydrogen) atoms. The highest BCUT2D eigenvalue weighted by Gasteiger charge is 2.34. The van der Waals surface area contributed by atoms with Crippen molar-refractivity contribution in [2.45, 2.75) is 45.2 Å². The van der Waals surface area contributed by atoms with Crippen LogP contribution >= 0.6 is 0 Å². The van der Waals surface area contributed by atoms with Gasteiger partial charge in [0.05, 0.1) is 0 Å². The first-order valence-corrected chi connectivity index (χ1v) is 5.75. The highest BCUT2D eigenvalue weighted by Crippen LogP contribution is 2.26. The lowest BCUT2D eigenvalue weighted by atomic mass is 10.1. The fourth-order valence-corrected chi connectivity index (χ4v) is 2.87. The van der Waals surface area contributed by atoms with Crippen molar-refractivity contribution in [3.8, 4) is 0 Å². The fraction of sp³-hybridized carbons (Fsp3) is 1.00. The molecule has 0 bridgehead atoms. The van der Waals surface area contributed by atoms with E-state index in [0.717, 1.165) is 18.0 Å². The monoisotopic (exact) mass is 182 g/mol. The molecule has 0 aromatic carbocycles. The summed E-state index contributed by atoms with van der Waals surface area (Å²) in [5.74, 6) is 0.819. The standard InChI is InChI=1S/C11H22N2/c1-9(2)8-13-7-6-12-10-4-3-5-11(10)13/h9-12H,3-8H2,1-2H3/t10-,11+/m1/s1. The molecule has 1 saturated heterocycles. The highest BCUT2D eigenvalue weighted by atomic mass is 15.2. The van der Waals surface area contributed by atoms with Gasteiger partial charge in [-0.1, -0.05) is 20.3 Å². The molecule has 1 aliphatic heterocycles. The molecule has 0 spiro atoms. The van der Waals surface area contributed by atoms with E-state index in [2.05, 4.69) is 24.1 Å². The third-order valence-corrected chi connectivity index (χ3v) is 3.35. The van der Waals surface area contributed by atoms with Gasteiger partial charge in [0.2, 0.25) is 0 Å². The van der Waals surface area contributed by atoms with E-state index in [1.807, 2.05) is 0 Å². The molecule has 1 heterocycles. The number of rotatable bonds is 2. The van der Waals surface area contributed by atoms with Crippen LogP contribution in [0.4, 0.5) is 0 Å². The predicted molar refractivity (Wildman–Crippen MR) is 55.8 cm³/mol. The molecule has 2 atom stereocenters. The Balaban J connectivity index is 1.93. The van der Waals surface area contributed by atoms with Crippen molar-refractivity contribution in [3.05, 3.63) is 0 Å². The molecule has 0 radical (unpaired) electrons. The fourth-order valence-electron chi connectivity index (χ4n) is 2.87. The van der Waals surface area contributed by atoms with E-state index in [9.17, 15) is 0 Å². The first-order valence-electron chi connectivity index (χ1n) is 5.75. The maximum Gasteiger partial charge on any atom is 0.0250 e. The summed E-state index contributed by atoms with van der Waals surface area (Å²) in [6.07, 6.45) is 4.25. The summed E-state index contributed by atoms with van der Waals surface area (Å²) in [4.78, 5) is 2.71. The molecule has 0 amide bonds. The third-order valence-electron chi connectivity index (χ3n) is 3.35. The Bertz CT molecular complexity index is 167. The van der Waals surface area contributed by atoms with Gasteiger partial charge in [-0.3, -0.25) is 4.90 Å². The Morgan fingerprint density at radius 2 is 2.23 bits per heavy atom. The van der Waals surface area contributed by atoms with Crippen LogP contribution in [0.25, 0.3) is 0 Å². The van der Waals surface area contributed by atoms with Gasteiger partial charge in [-0.25, -0.2) is 0 Å². The smallest absolute Gasteiger partial charge is 0.0250 e. The van der Waals surface area contributed by atoms with E-state index in [1.165, 1.54) is 38.9 Å². The van der Waals surface area contributed by atoms with Crippen LogP contribution < -0.4 is 5.32 Å². The third kappa shape index (κ3) is 2.05. The SMILES string of the molecule is CC(C)CN1CCN[C@@H]2CCC[C@@H]21. The summed E-state index contributed by atoms with van der Waals surface area (Å²) >= 11 is 0. The molecule has 1 aliphatic carbocycles. The average Bonchev–Trinajstić information content (AvgIpc) is 2.51. The van der Waals surface area contributed by atoms with Gasteiger partial charge < -0.3 is 5.32 Å². The molecule has 0 unspecified atom stereocenters. The van der Waals surface area contributed by atoms with Crippen molar-refractivity contribution in [1.82, 2.24) is 10.2 Å². The van der Waals surface area contributed by atoms with Crippen LogP contribution in [0, 0.1) is 5.92 Å². The number of piperazine rings is 1. The van der Waals surface area contributed by atoms with Gasteiger partial charge in [0.15, 0.2) is 0 Å². The summed E-state index contributed by atoms with van der Waals surface area (Å²) in [5.41, 5.74) is 0. The molecular formula is C11H22N2. The zero-order valence-corrected chi connectivity index (χ0v) is 8.92. The quantitative estimate of drug-likeness (QED) is 0.695. The van der Waals surface area contributed by atoms with Crippen molar-refractivity contribution < 1.29 is 0 Å². The second-order valence-corrected chi connectivity index (χ2v) is 4.95. The molecule has 76 valence electrons. The molecule has 2 heteroatoms. The second kappa shape index (κ2) is 3.97. The summed E-state index contributed by atoms with van der Waals surface area (Å²) in [7, 11) is 0. The lowest BCUT2D eigenvalue weighted by Crippen LogP contribution is -2.56. The second-order valence-electron chi connectivity index (χ2n) is 4.95. The van der Waals surface area contributed by atoms with Gasteiger partial charge in [0, 0.05) is 31.7 Å². The number of fused-ring (bicyclic) bond motifs is 1. The average molecular weight is 182 g/mol. The predicted octanol–water partition coefficient (Wildman–Crippen LogP) is 1.47. The number of hydrogen-bond acceptors (Lipinski definition) is 2. The minimum Gasteiger partial charge on any atom is -0.311 e. The van der Waals surface area contributed by atoms with Gasteiger partial charge in [-0.05, 0) is 18.8 Å². The Labute approximate surface area is 81.7 Å². The first kappa shape index (κ1) is 9.47. The Kier molecular flexibility index (Phi) is 2.89. The van der Waals surface area contributed by atoms with Crippen LogP contribution in [0.15, 0.2) is 0 Å². The zero-order valence-electron chi connectivity index (χ0n) is 8.92. The highest BCUT2D eigenvalue weighted by molar-refractivity contribution is 4.94.